The highest BCUT2D eigenvalue weighted by atomic mass is 35.5. The van der Waals surface area contributed by atoms with E-state index in [2.05, 4.69) is 5.32 Å². The van der Waals surface area contributed by atoms with Crippen LogP contribution in [-0.2, 0) is 6.42 Å². The predicted molar refractivity (Wildman–Crippen MR) is 88.0 cm³/mol. The lowest BCUT2D eigenvalue weighted by atomic mass is 9.98. The molecule has 2 aromatic carbocycles. The summed E-state index contributed by atoms with van der Waals surface area (Å²) in [5.74, 6) is -0.273. The normalized spacial score (nSPS) is 12.4. The first kappa shape index (κ1) is 16.6. The van der Waals surface area contributed by atoms with Gasteiger partial charge in [0.15, 0.2) is 0 Å². The summed E-state index contributed by atoms with van der Waals surface area (Å²) in [7, 11) is 0. The van der Waals surface area contributed by atoms with E-state index in [1.807, 2.05) is 13.0 Å². The number of hydrogen-bond acceptors (Lipinski definition) is 1. The van der Waals surface area contributed by atoms with Crippen molar-refractivity contribution >= 4 is 34.8 Å². The van der Waals surface area contributed by atoms with Crippen molar-refractivity contribution in [3.8, 4) is 0 Å². The summed E-state index contributed by atoms with van der Waals surface area (Å²) in [6.07, 6.45) is 0.599. The predicted octanol–water partition coefficient (Wildman–Crippen LogP) is 5.68. The maximum atomic E-state index is 14.0. The van der Waals surface area contributed by atoms with Gasteiger partial charge in [0.2, 0.25) is 0 Å². The standard InChI is InChI=1S/C16H15Cl3FN/c1-2-21-16(12-9-11(17)4-6-15(12)20)8-10-3-5-13(18)14(19)7-10/h3-7,9,16,21H,2,8H2,1H3. The van der Waals surface area contributed by atoms with Gasteiger partial charge < -0.3 is 5.32 Å². The molecule has 21 heavy (non-hydrogen) atoms. The molecule has 2 rings (SSSR count). The summed E-state index contributed by atoms with van der Waals surface area (Å²) in [5, 5.41) is 4.80. The molecule has 0 spiro atoms. The fraction of sp³-hybridized carbons (Fsp3) is 0.250. The molecule has 1 N–H and O–H groups in total. The first-order chi connectivity index (χ1) is 10.0. The Balaban J connectivity index is 2.30. The van der Waals surface area contributed by atoms with E-state index in [1.165, 1.54) is 6.07 Å². The van der Waals surface area contributed by atoms with Gasteiger partial charge in [-0.1, -0.05) is 47.8 Å². The van der Waals surface area contributed by atoms with Crippen molar-refractivity contribution in [3.63, 3.8) is 0 Å². The van der Waals surface area contributed by atoms with Gasteiger partial charge in [-0.05, 0) is 48.9 Å². The zero-order valence-electron chi connectivity index (χ0n) is 11.5. The maximum Gasteiger partial charge on any atom is 0.128 e. The van der Waals surface area contributed by atoms with E-state index in [0.29, 0.717) is 27.1 Å². The van der Waals surface area contributed by atoms with Crippen molar-refractivity contribution in [2.75, 3.05) is 6.54 Å². The first-order valence-corrected chi connectivity index (χ1v) is 7.77. The molecular formula is C16H15Cl3FN. The van der Waals surface area contributed by atoms with Crippen LogP contribution < -0.4 is 5.32 Å². The Morgan fingerprint density at radius 3 is 2.48 bits per heavy atom. The van der Waals surface area contributed by atoms with E-state index >= 15 is 0 Å². The molecule has 0 fully saturated rings. The molecule has 0 aromatic heterocycles. The number of nitrogens with one attached hydrogen (secondary N) is 1. The lowest BCUT2D eigenvalue weighted by Gasteiger charge is -2.19. The molecule has 112 valence electrons. The van der Waals surface area contributed by atoms with Crippen molar-refractivity contribution in [2.24, 2.45) is 0 Å². The summed E-state index contributed by atoms with van der Waals surface area (Å²) < 4.78 is 14.0. The van der Waals surface area contributed by atoms with E-state index in [9.17, 15) is 4.39 Å². The van der Waals surface area contributed by atoms with Crippen molar-refractivity contribution in [1.82, 2.24) is 5.32 Å². The summed E-state index contributed by atoms with van der Waals surface area (Å²) in [6.45, 7) is 2.70. The molecule has 0 saturated heterocycles. The quantitative estimate of drug-likeness (QED) is 0.734. The molecule has 1 nitrogen and oxygen atoms in total. The average Bonchev–Trinajstić information content (AvgIpc) is 2.45. The Hall–Kier alpha value is -0.800. The van der Waals surface area contributed by atoms with Gasteiger partial charge in [0.25, 0.3) is 0 Å². The fourth-order valence-corrected chi connectivity index (χ4v) is 2.72. The van der Waals surface area contributed by atoms with E-state index in [4.69, 9.17) is 34.8 Å². The molecular weight excluding hydrogens is 332 g/mol. The van der Waals surface area contributed by atoms with Gasteiger partial charge in [-0.2, -0.15) is 0 Å². The van der Waals surface area contributed by atoms with Crippen LogP contribution in [0.3, 0.4) is 0 Å². The van der Waals surface area contributed by atoms with Crippen LogP contribution in [0.15, 0.2) is 36.4 Å². The van der Waals surface area contributed by atoms with Gasteiger partial charge in [0.1, 0.15) is 5.82 Å². The minimum Gasteiger partial charge on any atom is -0.310 e. The highest BCUT2D eigenvalue weighted by Crippen LogP contribution is 2.28. The van der Waals surface area contributed by atoms with E-state index < -0.39 is 0 Å². The number of halogens is 4. The molecule has 0 aliphatic carbocycles. The Labute approximate surface area is 139 Å². The molecule has 1 unspecified atom stereocenters. The third-order valence-corrected chi connectivity index (χ3v) is 4.18. The number of benzene rings is 2. The Morgan fingerprint density at radius 1 is 1.05 bits per heavy atom. The summed E-state index contributed by atoms with van der Waals surface area (Å²) >= 11 is 17.9. The minimum absolute atomic E-state index is 0.175. The zero-order chi connectivity index (χ0) is 15.4. The third-order valence-electron chi connectivity index (χ3n) is 3.21. The summed E-state index contributed by atoms with van der Waals surface area (Å²) in [5.41, 5.74) is 1.53. The fourth-order valence-electron chi connectivity index (χ4n) is 2.22. The number of hydrogen-bond donors (Lipinski definition) is 1. The highest BCUT2D eigenvalue weighted by Gasteiger charge is 2.16. The van der Waals surface area contributed by atoms with Crippen molar-refractivity contribution in [3.05, 3.63) is 68.4 Å². The van der Waals surface area contributed by atoms with Crippen LogP contribution in [0, 0.1) is 5.82 Å². The van der Waals surface area contributed by atoms with Crippen LogP contribution in [0.5, 0.6) is 0 Å². The topological polar surface area (TPSA) is 12.0 Å². The molecule has 2 aromatic rings. The van der Waals surface area contributed by atoms with Crippen molar-refractivity contribution < 1.29 is 4.39 Å². The Kier molecular flexibility index (Phi) is 5.88. The van der Waals surface area contributed by atoms with E-state index in [-0.39, 0.29) is 11.9 Å². The lowest BCUT2D eigenvalue weighted by molar-refractivity contribution is 0.510. The molecule has 1 atom stereocenters. The molecule has 0 aliphatic heterocycles. The SMILES string of the molecule is CCNC(Cc1ccc(Cl)c(Cl)c1)c1cc(Cl)ccc1F. The second kappa shape index (κ2) is 7.46. The minimum atomic E-state index is -0.273. The largest absolute Gasteiger partial charge is 0.310 e. The lowest BCUT2D eigenvalue weighted by Crippen LogP contribution is -2.24. The molecule has 0 radical (unpaired) electrons. The Bertz CT molecular complexity index is 631. The van der Waals surface area contributed by atoms with Crippen LogP contribution in [0.4, 0.5) is 4.39 Å². The van der Waals surface area contributed by atoms with Crippen LogP contribution in [0.25, 0.3) is 0 Å². The molecule has 0 amide bonds. The molecule has 5 heteroatoms. The van der Waals surface area contributed by atoms with Gasteiger partial charge in [0.05, 0.1) is 10.0 Å². The smallest absolute Gasteiger partial charge is 0.128 e. The van der Waals surface area contributed by atoms with Crippen molar-refractivity contribution in [2.45, 2.75) is 19.4 Å². The summed E-state index contributed by atoms with van der Waals surface area (Å²) in [4.78, 5) is 0. The van der Waals surface area contributed by atoms with Gasteiger partial charge in [0, 0.05) is 16.6 Å². The highest BCUT2D eigenvalue weighted by molar-refractivity contribution is 6.42. The zero-order valence-corrected chi connectivity index (χ0v) is 13.7. The van der Waals surface area contributed by atoms with Gasteiger partial charge in [-0.25, -0.2) is 4.39 Å². The molecule has 0 aliphatic rings. The molecule has 0 bridgehead atoms. The second-order valence-corrected chi connectivity index (χ2v) is 5.98. The number of rotatable bonds is 5. The van der Waals surface area contributed by atoms with Crippen LogP contribution in [0.1, 0.15) is 24.1 Å². The average molecular weight is 347 g/mol. The van der Waals surface area contributed by atoms with Crippen LogP contribution in [-0.4, -0.2) is 6.54 Å². The second-order valence-electron chi connectivity index (χ2n) is 4.73. The van der Waals surface area contributed by atoms with Crippen molar-refractivity contribution in [1.29, 1.82) is 0 Å². The monoisotopic (exact) mass is 345 g/mol. The van der Waals surface area contributed by atoms with Crippen LogP contribution in [0.2, 0.25) is 15.1 Å². The van der Waals surface area contributed by atoms with E-state index in [1.54, 1.807) is 24.3 Å². The van der Waals surface area contributed by atoms with Crippen LogP contribution >= 0.6 is 34.8 Å². The van der Waals surface area contributed by atoms with Gasteiger partial charge in [-0.15, -0.1) is 0 Å². The molecule has 0 saturated carbocycles. The van der Waals surface area contributed by atoms with Gasteiger partial charge >= 0.3 is 0 Å². The first-order valence-electron chi connectivity index (χ1n) is 6.63. The Morgan fingerprint density at radius 2 is 1.81 bits per heavy atom. The third kappa shape index (κ3) is 4.33. The van der Waals surface area contributed by atoms with Gasteiger partial charge in [-0.3, -0.25) is 0 Å². The maximum absolute atomic E-state index is 14.0. The number of likely N-dealkylation sites (N-methyl/N-ethyl adjacent to an activating group) is 1. The summed E-state index contributed by atoms with van der Waals surface area (Å²) in [6, 6.07) is 9.85. The van der Waals surface area contributed by atoms with E-state index in [0.717, 1.165) is 12.1 Å². The molecule has 0 heterocycles.